The van der Waals surface area contributed by atoms with Crippen LogP contribution in [0.15, 0.2) is 36.9 Å². The Hall–Kier alpha value is -2.07. The highest BCUT2D eigenvalue weighted by Crippen LogP contribution is 2.24. The maximum absolute atomic E-state index is 11.3. The number of carbonyl (C=O) groups excluding carboxylic acids is 1. The monoisotopic (exact) mass is 276 g/mol. The quantitative estimate of drug-likeness (QED) is 0.456. The highest BCUT2D eigenvalue weighted by Gasteiger charge is 2.11. The predicted octanol–water partition coefficient (Wildman–Crippen LogP) is 2.45. The van der Waals surface area contributed by atoms with Gasteiger partial charge in [0.05, 0.1) is 12.7 Å². The first-order chi connectivity index (χ1) is 9.58. The molecular weight excluding hydrogens is 256 g/mol. The van der Waals surface area contributed by atoms with Crippen molar-refractivity contribution in [3.05, 3.63) is 48.1 Å². The van der Waals surface area contributed by atoms with Gasteiger partial charge in [-0.3, -0.25) is 0 Å². The lowest BCUT2D eigenvalue weighted by molar-refractivity contribution is -0.137. The van der Waals surface area contributed by atoms with Crippen LogP contribution in [0, 0.1) is 0 Å². The Bertz CT molecular complexity index is 491. The summed E-state index contributed by atoms with van der Waals surface area (Å²) >= 11 is 0. The van der Waals surface area contributed by atoms with Gasteiger partial charge in [-0.25, -0.2) is 4.79 Å². The maximum atomic E-state index is 11.3. The molecule has 1 aromatic carbocycles. The molecule has 0 unspecified atom stereocenters. The SMILES string of the molecule is C=CC[C@H](O)Cc1c(O)cccc1C=CC(=O)OCC. The highest BCUT2D eigenvalue weighted by molar-refractivity contribution is 5.87. The van der Waals surface area contributed by atoms with E-state index in [2.05, 4.69) is 6.58 Å². The number of benzene rings is 1. The predicted molar refractivity (Wildman–Crippen MR) is 78.3 cm³/mol. The first-order valence-electron chi connectivity index (χ1n) is 6.53. The molecule has 4 nitrogen and oxygen atoms in total. The Morgan fingerprint density at radius 2 is 2.25 bits per heavy atom. The number of carbonyl (C=O) groups is 1. The van der Waals surface area contributed by atoms with Gasteiger partial charge in [0.15, 0.2) is 0 Å². The summed E-state index contributed by atoms with van der Waals surface area (Å²) in [5.74, 6) is -0.340. The number of ether oxygens (including phenoxy) is 1. The molecule has 0 radical (unpaired) electrons. The van der Waals surface area contributed by atoms with Gasteiger partial charge in [-0.05, 0) is 31.1 Å². The molecule has 0 aliphatic rings. The topological polar surface area (TPSA) is 66.8 Å². The van der Waals surface area contributed by atoms with Crippen LogP contribution >= 0.6 is 0 Å². The van der Waals surface area contributed by atoms with Gasteiger partial charge in [-0.1, -0.05) is 18.2 Å². The minimum atomic E-state index is -0.615. The Morgan fingerprint density at radius 1 is 1.50 bits per heavy atom. The van der Waals surface area contributed by atoms with Crippen molar-refractivity contribution in [2.75, 3.05) is 6.61 Å². The van der Waals surface area contributed by atoms with E-state index in [1.807, 2.05) is 0 Å². The van der Waals surface area contributed by atoms with E-state index in [9.17, 15) is 15.0 Å². The van der Waals surface area contributed by atoms with E-state index < -0.39 is 12.1 Å². The largest absolute Gasteiger partial charge is 0.508 e. The average molecular weight is 276 g/mol. The highest BCUT2D eigenvalue weighted by atomic mass is 16.5. The molecular formula is C16H20O4. The Balaban J connectivity index is 2.93. The zero-order valence-electron chi connectivity index (χ0n) is 11.6. The van der Waals surface area contributed by atoms with Crippen LogP contribution in [0.5, 0.6) is 5.75 Å². The molecule has 1 rings (SSSR count). The number of phenolic OH excluding ortho intramolecular Hbond substituents is 1. The van der Waals surface area contributed by atoms with Crippen LogP contribution in [0.2, 0.25) is 0 Å². The number of hydrogen-bond donors (Lipinski definition) is 2. The van der Waals surface area contributed by atoms with E-state index in [1.54, 1.807) is 37.3 Å². The van der Waals surface area contributed by atoms with Gasteiger partial charge in [0.2, 0.25) is 0 Å². The van der Waals surface area contributed by atoms with E-state index in [4.69, 9.17) is 4.74 Å². The second-order valence-electron chi connectivity index (χ2n) is 4.31. The molecule has 0 aliphatic heterocycles. The smallest absolute Gasteiger partial charge is 0.330 e. The molecule has 0 amide bonds. The summed E-state index contributed by atoms with van der Waals surface area (Å²) in [5, 5.41) is 19.7. The second kappa shape index (κ2) is 8.17. The lowest BCUT2D eigenvalue weighted by Crippen LogP contribution is -2.10. The van der Waals surface area contributed by atoms with Gasteiger partial charge >= 0.3 is 5.97 Å². The summed E-state index contributed by atoms with van der Waals surface area (Å²) in [4.78, 5) is 11.3. The second-order valence-corrected chi connectivity index (χ2v) is 4.31. The minimum Gasteiger partial charge on any atom is -0.508 e. The van der Waals surface area contributed by atoms with Gasteiger partial charge in [0, 0.05) is 18.1 Å². The molecule has 1 aromatic rings. The van der Waals surface area contributed by atoms with Crippen LogP contribution in [0.4, 0.5) is 0 Å². The Labute approximate surface area is 119 Å². The molecule has 20 heavy (non-hydrogen) atoms. The van der Waals surface area contributed by atoms with Crippen LogP contribution in [0.3, 0.4) is 0 Å². The molecule has 0 spiro atoms. The lowest BCUT2D eigenvalue weighted by atomic mass is 9.98. The van der Waals surface area contributed by atoms with E-state index in [0.717, 1.165) is 0 Å². The summed E-state index contributed by atoms with van der Waals surface area (Å²) in [5.41, 5.74) is 1.28. The van der Waals surface area contributed by atoms with Crippen molar-refractivity contribution in [1.82, 2.24) is 0 Å². The normalized spacial score (nSPS) is 12.3. The number of rotatable bonds is 7. The third kappa shape index (κ3) is 4.90. The van der Waals surface area contributed by atoms with Crippen molar-refractivity contribution in [2.24, 2.45) is 0 Å². The fourth-order valence-corrected chi connectivity index (χ4v) is 1.83. The van der Waals surface area contributed by atoms with Crippen LogP contribution in [0.1, 0.15) is 24.5 Å². The molecule has 108 valence electrons. The molecule has 0 saturated heterocycles. The van der Waals surface area contributed by atoms with E-state index in [0.29, 0.717) is 30.6 Å². The fraction of sp³-hybridized carbons (Fsp3) is 0.312. The lowest BCUT2D eigenvalue weighted by Gasteiger charge is -2.12. The van der Waals surface area contributed by atoms with Crippen LogP contribution < -0.4 is 0 Å². The fourth-order valence-electron chi connectivity index (χ4n) is 1.83. The first kappa shape index (κ1) is 16.0. The number of phenols is 1. The Kier molecular flexibility index (Phi) is 6.53. The summed E-state index contributed by atoms with van der Waals surface area (Å²) < 4.78 is 4.80. The van der Waals surface area contributed by atoms with Gasteiger partial charge in [-0.2, -0.15) is 0 Å². The van der Waals surface area contributed by atoms with Crippen molar-refractivity contribution in [3.8, 4) is 5.75 Å². The summed E-state index contributed by atoms with van der Waals surface area (Å²) in [7, 11) is 0. The number of hydrogen-bond acceptors (Lipinski definition) is 4. The third-order valence-electron chi connectivity index (χ3n) is 2.75. The molecule has 2 N–H and O–H groups in total. The molecule has 0 saturated carbocycles. The van der Waals surface area contributed by atoms with Crippen molar-refractivity contribution in [3.63, 3.8) is 0 Å². The molecule has 0 bridgehead atoms. The Morgan fingerprint density at radius 3 is 2.90 bits per heavy atom. The van der Waals surface area contributed by atoms with E-state index in [-0.39, 0.29) is 5.75 Å². The molecule has 0 heterocycles. The van der Waals surface area contributed by atoms with Crippen LogP contribution in [-0.4, -0.2) is 28.9 Å². The number of esters is 1. The number of aliphatic hydroxyl groups excluding tert-OH is 1. The van der Waals surface area contributed by atoms with Gasteiger partial charge in [0.25, 0.3) is 0 Å². The van der Waals surface area contributed by atoms with E-state index in [1.165, 1.54) is 6.08 Å². The zero-order valence-corrected chi connectivity index (χ0v) is 11.6. The van der Waals surface area contributed by atoms with Gasteiger partial charge in [-0.15, -0.1) is 6.58 Å². The molecule has 1 atom stereocenters. The molecule has 0 aromatic heterocycles. The number of aromatic hydroxyl groups is 1. The van der Waals surface area contributed by atoms with Gasteiger partial charge in [0.1, 0.15) is 5.75 Å². The van der Waals surface area contributed by atoms with Crippen LogP contribution in [-0.2, 0) is 16.0 Å². The van der Waals surface area contributed by atoms with Crippen molar-refractivity contribution in [2.45, 2.75) is 25.9 Å². The maximum Gasteiger partial charge on any atom is 0.330 e. The minimum absolute atomic E-state index is 0.0964. The molecule has 0 aliphatic carbocycles. The van der Waals surface area contributed by atoms with Crippen molar-refractivity contribution >= 4 is 12.0 Å². The third-order valence-corrected chi connectivity index (χ3v) is 2.75. The number of aliphatic hydroxyl groups is 1. The molecule has 4 heteroatoms. The average Bonchev–Trinajstić information content (AvgIpc) is 2.40. The summed E-state index contributed by atoms with van der Waals surface area (Å²) in [6, 6.07) is 5.01. The van der Waals surface area contributed by atoms with Crippen LogP contribution in [0.25, 0.3) is 6.08 Å². The van der Waals surface area contributed by atoms with Crippen molar-refractivity contribution in [1.29, 1.82) is 0 Å². The standard InChI is InChI=1S/C16H20O4/c1-3-6-13(17)11-14-12(7-5-8-15(14)18)9-10-16(19)20-4-2/h3,5,7-10,13,17-18H,1,4,6,11H2,2H3/t13-/m0/s1. The van der Waals surface area contributed by atoms with Gasteiger partial charge < -0.3 is 14.9 Å². The zero-order chi connectivity index (χ0) is 15.0. The summed E-state index contributed by atoms with van der Waals surface area (Å²) in [6.07, 6.45) is 4.63. The van der Waals surface area contributed by atoms with Crippen molar-refractivity contribution < 1.29 is 19.7 Å². The molecule has 0 fully saturated rings. The van der Waals surface area contributed by atoms with E-state index >= 15 is 0 Å². The summed E-state index contributed by atoms with van der Waals surface area (Å²) in [6.45, 7) is 5.62. The first-order valence-corrected chi connectivity index (χ1v) is 6.53.